The summed E-state index contributed by atoms with van der Waals surface area (Å²) < 4.78 is 5.41. The average molecular weight is 244 g/mol. The second-order valence-electron chi connectivity index (χ2n) is 5.04. The Labute approximate surface area is 108 Å². The number of hydrogen-bond donors (Lipinski definition) is 1. The molecule has 96 valence electrons. The topological polar surface area (TPSA) is 38.1 Å². The van der Waals surface area contributed by atoms with Crippen LogP contribution >= 0.6 is 0 Å². The largest absolute Gasteiger partial charge is 0.356 e. The van der Waals surface area contributed by atoms with Crippen molar-refractivity contribution in [1.82, 2.24) is 10.5 Å². The average Bonchev–Trinajstić information content (AvgIpc) is 2.75. The van der Waals surface area contributed by atoms with Crippen molar-refractivity contribution in [3.63, 3.8) is 0 Å². The molecule has 0 radical (unpaired) electrons. The van der Waals surface area contributed by atoms with Gasteiger partial charge in [-0.3, -0.25) is 0 Å². The first kappa shape index (κ1) is 12.8. The Hall–Kier alpha value is -1.61. The van der Waals surface area contributed by atoms with E-state index in [0.717, 1.165) is 23.6 Å². The lowest BCUT2D eigenvalue weighted by Crippen LogP contribution is -2.21. The van der Waals surface area contributed by atoms with Crippen LogP contribution in [0.25, 0.3) is 11.3 Å². The van der Waals surface area contributed by atoms with Gasteiger partial charge in [-0.15, -0.1) is 0 Å². The van der Waals surface area contributed by atoms with E-state index in [0.29, 0.717) is 6.04 Å². The van der Waals surface area contributed by atoms with Gasteiger partial charge in [0.05, 0.1) is 5.69 Å². The minimum atomic E-state index is 0.450. The van der Waals surface area contributed by atoms with Gasteiger partial charge in [0.25, 0.3) is 0 Å². The Kier molecular flexibility index (Phi) is 3.82. The molecule has 1 heterocycles. The molecule has 18 heavy (non-hydrogen) atoms. The molecule has 3 heteroatoms. The Balaban J connectivity index is 2.18. The highest BCUT2D eigenvalue weighted by Gasteiger charge is 2.09. The molecule has 0 aliphatic heterocycles. The van der Waals surface area contributed by atoms with Crippen LogP contribution in [0.2, 0.25) is 0 Å². The first-order valence-corrected chi connectivity index (χ1v) is 6.33. The normalized spacial score (nSPS) is 11.2. The molecule has 0 bridgehead atoms. The van der Waals surface area contributed by atoms with Crippen LogP contribution in [0.1, 0.15) is 30.7 Å². The minimum Gasteiger partial charge on any atom is -0.356 e. The van der Waals surface area contributed by atoms with Crippen molar-refractivity contribution < 1.29 is 4.52 Å². The van der Waals surface area contributed by atoms with Crippen LogP contribution < -0.4 is 5.32 Å². The predicted molar refractivity (Wildman–Crippen MR) is 73.4 cm³/mol. The van der Waals surface area contributed by atoms with Crippen molar-refractivity contribution in [2.75, 3.05) is 0 Å². The fraction of sp³-hybridized carbons (Fsp3) is 0.400. The molecule has 0 fully saturated rings. The second-order valence-corrected chi connectivity index (χ2v) is 5.04. The SMILES string of the molecule is Cc1ccc(-c2cc(CNC(C)C)no2)c(C)c1. The molecule has 0 aliphatic rings. The third-order valence-corrected chi connectivity index (χ3v) is 2.90. The van der Waals surface area contributed by atoms with Crippen LogP contribution in [0, 0.1) is 13.8 Å². The van der Waals surface area contributed by atoms with Gasteiger partial charge >= 0.3 is 0 Å². The molecule has 0 atom stereocenters. The van der Waals surface area contributed by atoms with E-state index in [1.165, 1.54) is 11.1 Å². The van der Waals surface area contributed by atoms with Crippen LogP contribution in [0.15, 0.2) is 28.8 Å². The van der Waals surface area contributed by atoms with Gasteiger partial charge in [0, 0.05) is 24.2 Å². The standard InChI is InChI=1S/C15H20N2O/c1-10(2)16-9-13-8-15(18-17-13)14-6-5-11(3)7-12(14)4/h5-8,10,16H,9H2,1-4H3. The van der Waals surface area contributed by atoms with E-state index in [1.807, 2.05) is 6.07 Å². The summed E-state index contributed by atoms with van der Waals surface area (Å²) in [5, 5.41) is 7.42. The smallest absolute Gasteiger partial charge is 0.167 e. The third-order valence-electron chi connectivity index (χ3n) is 2.90. The number of nitrogens with one attached hydrogen (secondary N) is 1. The summed E-state index contributed by atoms with van der Waals surface area (Å²) in [6.45, 7) is 9.16. The van der Waals surface area contributed by atoms with Crippen molar-refractivity contribution in [2.24, 2.45) is 0 Å². The maximum absolute atomic E-state index is 5.41. The Morgan fingerprint density at radius 2 is 2.00 bits per heavy atom. The molecule has 0 unspecified atom stereocenters. The van der Waals surface area contributed by atoms with E-state index in [-0.39, 0.29) is 0 Å². The van der Waals surface area contributed by atoms with Crippen LogP contribution in [0.5, 0.6) is 0 Å². The molecular weight excluding hydrogens is 224 g/mol. The first-order valence-electron chi connectivity index (χ1n) is 6.33. The summed E-state index contributed by atoms with van der Waals surface area (Å²) >= 11 is 0. The monoisotopic (exact) mass is 244 g/mol. The molecule has 0 amide bonds. The zero-order valence-electron chi connectivity index (χ0n) is 11.4. The van der Waals surface area contributed by atoms with Gasteiger partial charge < -0.3 is 9.84 Å². The fourth-order valence-electron chi connectivity index (χ4n) is 1.92. The highest BCUT2D eigenvalue weighted by atomic mass is 16.5. The molecule has 2 aromatic rings. The predicted octanol–water partition coefficient (Wildman–Crippen LogP) is 3.46. The van der Waals surface area contributed by atoms with Crippen molar-refractivity contribution in [3.05, 3.63) is 41.1 Å². The van der Waals surface area contributed by atoms with Crippen molar-refractivity contribution >= 4 is 0 Å². The number of benzene rings is 1. The molecule has 0 saturated carbocycles. The fourth-order valence-corrected chi connectivity index (χ4v) is 1.92. The molecular formula is C15H20N2O. The lowest BCUT2D eigenvalue weighted by atomic mass is 10.0. The van der Waals surface area contributed by atoms with Crippen LogP contribution in [-0.2, 0) is 6.54 Å². The Morgan fingerprint density at radius 1 is 1.22 bits per heavy atom. The molecule has 3 nitrogen and oxygen atoms in total. The van der Waals surface area contributed by atoms with Gasteiger partial charge in [-0.2, -0.15) is 0 Å². The van der Waals surface area contributed by atoms with Crippen LogP contribution in [0.4, 0.5) is 0 Å². The minimum absolute atomic E-state index is 0.450. The van der Waals surface area contributed by atoms with Gasteiger partial charge in [0.15, 0.2) is 5.76 Å². The van der Waals surface area contributed by atoms with Crippen molar-refractivity contribution in [1.29, 1.82) is 0 Å². The number of aromatic nitrogens is 1. The van der Waals surface area contributed by atoms with E-state index in [1.54, 1.807) is 0 Å². The Morgan fingerprint density at radius 3 is 2.67 bits per heavy atom. The summed E-state index contributed by atoms with van der Waals surface area (Å²) in [5.41, 5.74) is 4.54. The molecule has 0 aliphatic carbocycles. The van der Waals surface area contributed by atoms with Crippen molar-refractivity contribution in [3.8, 4) is 11.3 Å². The number of nitrogens with zero attached hydrogens (tertiary/aromatic N) is 1. The van der Waals surface area contributed by atoms with Crippen LogP contribution in [0.3, 0.4) is 0 Å². The first-order chi connectivity index (χ1) is 8.56. The van der Waals surface area contributed by atoms with E-state index in [4.69, 9.17) is 4.52 Å². The van der Waals surface area contributed by atoms with E-state index >= 15 is 0 Å². The lowest BCUT2D eigenvalue weighted by molar-refractivity contribution is 0.417. The van der Waals surface area contributed by atoms with Crippen LogP contribution in [-0.4, -0.2) is 11.2 Å². The zero-order valence-corrected chi connectivity index (χ0v) is 11.4. The summed E-state index contributed by atoms with van der Waals surface area (Å²) in [5.74, 6) is 0.841. The van der Waals surface area contributed by atoms with Gasteiger partial charge in [-0.1, -0.05) is 42.8 Å². The summed E-state index contributed by atoms with van der Waals surface area (Å²) in [7, 11) is 0. The van der Waals surface area contributed by atoms with Gasteiger partial charge in [-0.05, 0) is 19.4 Å². The highest BCUT2D eigenvalue weighted by Crippen LogP contribution is 2.24. The van der Waals surface area contributed by atoms with Gasteiger partial charge in [-0.25, -0.2) is 0 Å². The highest BCUT2D eigenvalue weighted by molar-refractivity contribution is 5.62. The maximum Gasteiger partial charge on any atom is 0.167 e. The van der Waals surface area contributed by atoms with Gasteiger partial charge in [0.1, 0.15) is 0 Å². The summed E-state index contributed by atoms with van der Waals surface area (Å²) in [4.78, 5) is 0. The number of rotatable bonds is 4. The number of aryl methyl sites for hydroxylation is 2. The maximum atomic E-state index is 5.41. The molecule has 1 aromatic carbocycles. The molecule has 2 rings (SSSR count). The molecule has 0 spiro atoms. The summed E-state index contributed by atoms with van der Waals surface area (Å²) in [6.07, 6.45) is 0. The van der Waals surface area contributed by atoms with E-state index < -0.39 is 0 Å². The van der Waals surface area contributed by atoms with E-state index in [2.05, 4.69) is 56.4 Å². The van der Waals surface area contributed by atoms with Gasteiger partial charge in [0.2, 0.25) is 0 Å². The quantitative estimate of drug-likeness (QED) is 0.895. The zero-order chi connectivity index (χ0) is 13.1. The number of hydrogen-bond acceptors (Lipinski definition) is 3. The second kappa shape index (κ2) is 5.36. The molecule has 1 N–H and O–H groups in total. The van der Waals surface area contributed by atoms with Crippen molar-refractivity contribution in [2.45, 2.75) is 40.3 Å². The molecule has 0 saturated heterocycles. The van der Waals surface area contributed by atoms with E-state index in [9.17, 15) is 0 Å². The third kappa shape index (κ3) is 2.99. The lowest BCUT2D eigenvalue weighted by Gasteiger charge is -2.04. The Bertz CT molecular complexity index is 529. The summed E-state index contributed by atoms with van der Waals surface area (Å²) in [6, 6.07) is 8.80. The molecule has 1 aromatic heterocycles.